The summed E-state index contributed by atoms with van der Waals surface area (Å²) in [5, 5.41) is 15.2. The quantitative estimate of drug-likeness (QED) is 0.767. The SMILES string of the molecule is CC(C)CCNC(=O)Cn1ccc(C(=O)O)n1. The normalized spacial score (nSPS) is 10.5. The minimum atomic E-state index is -1.09. The van der Waals surface area contributed by atoms with Crippen LogP contribution in [0.4, 0.5) is 0 Å². The highest BCUT2D eigenvalue weighted by Crippen LogP contribution is 1.97. The molecule has 0 unspecified atom stereocenters. The monoisotopic (exact) mass is 239 g/mol. The average Bonchev–Trinajstić information content (AvgIpc) is 2.65. The van der Waals surface area contributed by atoms with E-state index in [-0.39, 0.29) is 18.1 Å². The van der Waals surface area contributed by atoms with Crippen molar-refractivity contribution in [3.63, 3.8) is 0 Å². The molecule has 17 heavy (non-hydrogen) atoms. The molecule has 0 aliphatic rings. The Balaban J connectivity index is 2.37. The number of hydrogen-bond donors (Lipinski definition) is 2. The summed E-state index contributed by atoms with van der Waals surface area (Å²) in [5.41, 5.74) is -0.0556. The van der Waals surface area contributed by atoms with E-state index >= 15 is 0 Å². The molecule has 0 atom stereocenters. The predicted molar refractivity (Wildman–Crippen MR) is 61.7 cm³/mol. The van der Waals surface area contributed by atoms with Crippen LogP contribution in [-0.2, 0) is 11.3 Å². The smallest absolute Gasteiger partial charge is 0.356 e. The predicted octanol–water partition coefficient (Wildman–Crippen LogP) is 0.744. The van der Waals surface area contributed by atoms with Crippen LogP contribution in [0.5, 0.6) is 0 Å². The third-order valence-corrected chi connectivity index (χ3v) is 2.21. The molecule has 0 aromatic carbocycles. The summed E-state index contributed by atoms with van der Waals surface area (Å²) in [6.45, 7) is 4.84. The van der Waals surface area contributed by atoms with Crippen molar-refractivity contribution in [2.24, 2.45) is 5.92 Å². The summed E-state index contributed by atoms with van der Waals surface area (Å²) in [6, 6.07) is 1.36. The maximum Gasteiger partial charge on any atom is 0.356 e. The fraction of sp³-hybridized carbons (Fsp3) is 0.545. The van der Waals surface area contributed by atoms with Crippen molar-refractivity contribution in [3.8, 4) is 0 Å². The third-order valence-electron chi connectivity index (χ3n) is 2.21. The Morgan fingerprint density at radius 3 is 2.76 bits per heavy atom. The molecule has 1 amide bonds. The Morgan fingerprint density at radius 2 is 2.24 bits per heavy atom. The standard InChI is InChI=1S/C11H17N3O3/c1-8(2)3-5-12-10(15)7-14-6-4-9(13-14)11(16)17/h4,6,8H,3,5,7H2,1-2H3,(H,12,15)(H,16,17). The Bertz CT molecular complexity index is 398. The molecule has 6 nitrogen and oxygen atoms in total. The number of aromatic nitrogens is 2. The van der Waals surface area contributed by atoms with Crippen molar-refractivity contribution in [2.75, 3.05) is 6.54 Å². The third kappa shape index (κ3) is 4.67. The van der Waals surface area contributed by atoms with E-state index < -0.39 is 5.97 Å². The van der Waals surface area contributed by atoms with Gasteiger partial charge in [0.25, 0.3) is 0 Å². The van der Waals surface area contributed by atoms with Crippen molar-refractivity contribution in [1.82, 2.24) is 15.1 Å². The molecule has 1 aromatic heterocycles. The lowest BCUT2D eigenvalue weighted by atomic mass is 10.1. The van der Waals surface area contributed by atoms with Crippen LogP contribution < -0.4 is 5.32 Å². The van der Waals surface area contributed by atoms with E-state index in [1.54, 1.807) is 0 Å². The van der Waals surface area contributed by atoms with Gasteiger partial charge in [-0.1, -0.05) is 13.8 Å². The molecule has 1 aromatic rings. The van der Waals surface area contributed by atoms with E-state index in [1.807, 2.05) is 0 Å². The van der Waals surface area contributed by atoms with Gasteiger partial charge in [0.15, 0.2) is 5.69 Å². The van der Waals surface area contributed by atoms with Crippen molar-refractivity contribution < 1.29 is 14.7 Å². The lowest BCUT2D eigenvalue weighted by Gasteiger charge is -2.06. The van der Waals surface area contributed by atoms with Crippen molar-refractivity contribution >= 4 is 11.9 Å². The zero-order valence-electron chi connectivity index (χ0n) is 10.0. The highest BCUT2D eigenvalue weighted by molar-refractivity contribution is 5.85. The van der Waals surface area contributed by atoms with Gasteiger partial charge in [0.1, 0.15) is 6.54 Å². The molecule has 0 aliphatic carbocycles. The van der Waals surface area contributed by atoms with E-state index in [0.717, 1.165) is 6.42 Å². The van der Waals surface area contributed by atoms with Gasteiger partial charge in [-0.3, -0.25) is 9.48 Å². The molecule has 1 heterocycles. The Hall–Kier alpha value is -1.85. The number of rotatable bonds is 6. The summed E-state index contributed by atoms with van der Waals surface area (Å²) >= 11 is 0. The summed E-state index contributed by atoms with van der Waals surface area (Å²) in [4.78, 5) is 22.0. The van der Waals surface area contributed by atoms with Gasteiger partial charge in [0.05, 0.1) is 0 Å². The van der Waals surface area contributed by atoms with Crippen molar-refractivity contribution in [2.45, 2.75) is 26.8 Å². The van der Waals surface area contributed by atoms with Crippen LogP contribution in [0.1, 0.15) is 30.8 Å². The number of hydrogen-bond acceptors (Lipinski definition) is 3. The molecular weight excluding hydrogens is 222 g/mol. The molecule has 2 N–H and O–H groups in total. The highest BCUT2D eigenvalue weighted by Gasteiger charge is 2.08. The first-order chi connectivity index (χ1) is 7.99. The Labute approximate surface area is 99.6 Å². The second-order valence-corrected chi connectivity index (χ2v) is 4.24. The second-order valence-electron chi connectivity index (χ2n) is 4.24. The number of nitrogens with zero attached hydrogens (tertiary/aromatic N) is 2. The second kappa shape index (κ2) is 6.03. The number of carbonyl (C=O) groups is 2. The Morgan fingerprint density at radius 1 is 1.53 bits per heavy atom. The molecule has 0 saturated heterocycles. The summed E-state index contributed by atoms with van der Waals surface area (Å²) in [5.74, 6) is -0.715. The zero-order valence-corrected chi connectivity index (χ0v) is 10.0. The van der Waals surface area contributed by atoms with Crippen LogP contribution in [0, 0.1) is 5.92 Å². The van der Waals surface area contributed by atoms with E-state index in [1.165, 1.54) is 16.9 Å². The van der Waals surface area contributed by atoms with Gasteiger partial charge < -0.3 is 10.4 Å². The lowest BCUT2D eigenvalue weighted by molar-refractivity contribution is -0.121. The largest absolute Gasteiger partial charge is 0.476 e. The fourth-order valence-corrected chi connectivity index (χ4v) is 1.27. The van der Waals surface area contributed by atoms with Crippen molar-refractivity contribution in [1.29, 1.82) is 0 Å². The van der Waals surface area contributed by atoms with Crippen LogP contribution in [0.2, 0.25) is 0 Å². The average molecular weight is 239 g/mol. The van der Waals surface area contributed by atoms with Crippen molar-refractivity contribution in [3.05, 3.63) is 18.0 Å². The number of carboxylic acids is 1. The van der Waals surface area contributed by atoms with E-state index in [4.69, 9.17) is 5.11 Å². The van der Waals surface area contributed by atoms with Gasteiger partial charge in [0.2, 0.25) is 5.91 Å². The summed E-state index contributed by atoms with van der Waals surface area (Å²) in [6.07, 6.45) is 2.40. The fourth-order valence-electron chi connectivity index (χ4n) is 1.27. The van der Waals surface area contributed by atoms with Crippen LogP contribution in [0.15, 0.2) is 12.3 Å². The minimum Gasteiger partial charge on any atom is -0.476 e. The van der Waals surface area contributed by atoms with E-state index in [2.05, 4.69) is 24.3 Å². The molecular formula is C11H17N3O3. The molecule has 0 saturated carbocycles. The minimum absolute atomic E-state index is 0.0470. The van der Waals surface area contributed by atoms with Crippen LogP contribution in [0.25, 0.3) is 0 Å². The van der Waals surface area contributed by atoms with Gasteiger partial charge >= 0.3 is 5.97 Å². The lowest BCUT2D eigenvalue weighted by Crippen LogP contribution is -2.29. The first kappa shape index (κ1) is 13.2. The Kier molecular flexibility index (Phi) is 4.68. The van der Waals surface area contributed by atoms with E-state index in [0.29, 0.717) is 12.5 Å². The van der Waals surface area contributed by atoms with Crippen LogP contribution >= 0.6 is 0 Å². The van der Waals surface area contributed by atoms with Gasteiger partial charge in [0, 0.05) is 12.7 Å². The summed E-state index contributed by atoms with van der Waals surface area (Å²) < 4.78 is 1.31. The summed E-state index contributed by atoms with van der Waals surface area (Å²) in [7, 11) is 0. The van der Waals surface area contributed by atoms with Gasteiger partial charge in [-0.25, -0.2) is 4.79 Å². The maximum atomic E-state index is 11.5. The van der Waals surface area contributed by atoms with Crippen LogP contribution in [0.3, 0.4) is 0 Å². The van der Waals surface area contributed by atoms with E-state index in [9.17, 15) is 9.59 Å². The number of aromatic carboxylic acids is 1. The molecule has 0 spiro atoms. The molecule has 94 valence electrons. The topological polar surface area (TPSA) is 84.2 Å². The maximum absolute atomic E-state index is 11.5. The molecule has 0 bridgehead atoms. The molecule has 0 radical (unpaired) electrons. The first-order valence-electron chi connectivity index (χ1n) is 5.52. The van der Waals surface area contributed by atoms with Gasteiger partial charge in [-0.05, 0) is 18.4 Å². The molecule has 0 fully saturated rings. The number of nitrogens with one attached hydrogen (secondary N) is 1. The van der Waals surface area contributed by atoms with Gasteiger partial charge in [-0.2, -0.15) is 5.10 Å². The number of amides is 1. The molecule has 0 aliphatic heterocycles. The first-order valence-corrected chi connectivity index (χ1v) is 5.52. The van der Waals surface area contributed by atoms with Gasteiger partial charge in [-0.15, -0.1) is 0 Å². The zero-order chi connectivity index (χ0) is 12.8. The highest BCUT2D eigenvalue weighted by atomic mass is 16.4. The number of carbonyl (C=O) groups excluding carboxylic acids is 1. The number of carboxylic acid groups (broad SMARTS) is 1. The molecule has 6 heteroatoms. The molecule has 1 rings (SSSR count). The van der Waals surface area contributed by atoms with Crippen LogP contribution in [-0.4, -0.2) is 33.3 Å².